The Hall–Kier alpha value is -0.380. The summed E-state index contributed by atoms with van der Waals surface area (Å²) in [5.74, 6) is -1.06. The van der Waals surface area contributed by atoms with Crippen molar-refractivity contribution in [2.45, 2.75) is 30.7 Å². The average molecular weight is 281 g/mol. The fraction of sp³-hybridized carbons (Fsp3) is 0.900. The fourth-order valence-corrected chi connectivity index (χ4v) is 2.57. The van der Waals surface area contributed by atoms with Gasteiger partial charge in [-0.1, -0.05) is 0 Å². The highest BCUT2D eigenvalue weighted by Crippen LogP contribution is 2.25. The Labute approximate surface area is 109 Å². The van der Waals surface area contributed by atoms with Crippen LogP contribution in [0.25, 0.3) is 0 Å². The predicted molar refractivity (Wildman–Crippen MR) is 60.8 cm³/mol. The molecule has 106 valence electrons. The molecular weight excluding hydrogens is 264 g/mol. The normalized spacial score (nSPS) is 36.6. The van der Waals surface area contributed by atoms with Crippen molar-refractivity contribution in [3.05, 3.63) is 0 Å². The molecule has 7 nitrogen and oxygen atoms in total. The van der Waals surface area contributed by atoms with E-state index in [-0.39, 0.29) is 11.5 Å². The minimum Gasteiger partial charge on any atom is -0.549 e. The zero-order chi connectivity index (χ0) is 13.7. The third-order valence-corrected chi connectivity index (χ3v) is 3.65. The summed E-state index contributed by atoms with van der Waals surface area (Å²) in [5, 5.41) is 29.8. The minimum atomic E-state index is -1.21. The van der Waals surface area contributed by atoms with E-state index in [2.05, 4.69) is 0 Å². The third kappa shape index (κ3) is 3.81. The van der Waals surface area contributed by atoms with Crippen LogP contribution in [0.1, 0.15) is 0 Å². The number of rotatable bonds is 6. The van der Waals surface area contributed by atoms with Gasteiger partial charge in [0.15, 0.2) is 6.29 Å². The van der Waals surface area contributed by atoms with Crippen LogP contribution in [0, 0.1) is 0 Å². The summed E-state index contributed by atoms with van der Waals surface area (Å²) in [4.78, 5) is 10.3. The second kappa shape index (κ2) is 7.27. The van der Waals surface area contributed by atoms with Crippen molar-refractivity contribution in [1.82, 2.24) is 0 Å². The van der Waals surface area contributed by atoms with Gasteiger partial charge in [0.1, 0.15) is 18.3 Å². The van der Waals surface area contributed by atoms with Gasteiger partial charge in [-0.2, -0.15) is 11.8 Å². The van der Waals surface area contributed by atoms with Crippen LogP contribution in [0.3, 0.4) is 0 Å². The van der Waals surface area contributed by atoms with Gasteiger partial charge in [-0.3, -0.25) is 0 Å². The number of thioether (sulfide) groups is 1. The van der Waals surface area contributed by atoms with Crippen LogP contribution in [-0.4, -0.2) is 72.6 Å². The lowest BCUT2D eigenvalue weighted by Crippen LogP contribution is -2.59. The minimum absolute atomic E-state index is 0.174. The number of carbonyl (C=O) groups is 1. The molecule has 0 bridgehead atoms. The van der Waals surface area contributed by atoms with Crippen LogP contribution in [0.4, 0.5) is 0 Å². The van der Waals surface area contributed by atoms with Crippen LogP contribution >= 0.6 is 11.8 Å². The Bertz CT molecular complexity index is 275. The molecule has 0 amide bonds. The van der Waals surface area contributed by atoms with Crippen molar-refractivity contribution >= 4 is 17.7 Å². The molecule has 0 aromatic carbocycles. The van der Waals surface area contributed by atoms with Gasteiger partial charge >= 0.3 is 0 Å². The maximum Gasteiger partial charge on any atom is 0.186 e. The Morgan fingerprint density at radius 3 is 2.50 bits per heavy atom. The standard InChI is InChI=1S/C10H18O7S/c1-15-9-5(3-18-4-6(11)12)17-10(16-2)8(14)7(9)13/h5,7-10,13-14H,3-4H2,1-2H3,(H,11,12)/p-1/t5?,7-,8?,9-,10+/m1/s1. The lowest BCUT2D eigenvalue weighted by molar-refractivity contribution is -0.301. The van der Waals surface area contributed by atoms with Crippen molar-refractivity contribution in [2.24, 2.45) is 0 Å². The second-order valence-corrected chi connectivity index (χ2v) is 4.88. The van der Waals surface area contributed by atoms with Crippen molar-refractivity contribution in [3.8, 4) is 0 Å². The van der Waals surface area contributed by atoms with Gasteiger partial charge in [-0.05, 0) is 0 Å². The van der Waals surface area contributed by atoms with E-state index in [0.717, 1.165) is 11.8 Å². The number of carbonyl (C=O) groups excluding carboxylic acids is 1. The van der Waals surface area contributed by atoms with Gasteiger partial charge in [-0.25, -0.2) is 0 Å². The van der Waals surface area contributed by atoms with E-state index in [9.17, 15) is 20.1 Å². The molecule has 0 spiro atoms. The average Bonchev–Trinajstić information content (AvgIpc) is 2.33. The zero-order valence-electron chi connectivity index (χ0n) is 10.1. The molecule has 1 fully saturated rings. The highest BCUT2D eigenvalue weighted by molar-refractivity contribution is 7.99. The van der Waals surface area contributed by atoms with E-state index in [1.807, 2.05) is 0 Å². The maximum atomic E-state index is 10.3. The Balaban J connectivity index is 2.59. The summed E-state index contributed by atoms with van der Waals surface area (Å²) in [6.45, 7) is 0. The van der Waals surface area contributed by atoms with Gasteiger partial charge < -0.3 is 34.3 Å². The maximum absolute atomic E-state index is 10.3. The topological polar surface area (TPSA) is 108 Å². The van der Waals surface area contributed by atoms with E-state index in [1.165, 1.54) is 14.2 Å². The molecule has 0 radical (unpaired) electrons. The number of hydrogen-bond acceptors (Lipinski definition) is 8. The van der Waals surface area contributed by atoms with Gasteiger partial charge in [0, 0.05) is 25.7 Å². The molecule has 1 rings (SSSR count). The number of aliphatic hydroxyl groups excluding tert-OH is 2. The molecule has 0 saturated carbocycles. The molecule has 2 N–H and O–H groups in total. The van der Waals surface area contributed by atoms with Gasteiger partial charge in [0.2, 0.25) is 0 Å². The second-order valence-electron chi connectivity index (χ2n) is 3.85. The van der Waals surface area contributed by atoms with E-state index in [4.69, 9.17) is 14.2 Å². The molecule has 8 heteroatoms. The molecule has 1 aliphatic rings. The first-order chi connectivity index (χ1) is 8.51. The number of hydrogen-bond donors (Lipinski definition) is 2. The quantitative estimate of drug-likeness (QED) is 0.553. The molecule has 2 unspecified atom stereocenters. The SMILES string of the molecule is CO[C@H]1OC(CSCC(=O)[O-])[C@@H](OC)[C@H](O)C1O. The van der Waals surface area contributed by atoms with E-state index in [0.29, 0.717) is 0 Å². The van der Waals surface area contributed by atoms with Crippen LogP contribution in [0.15, 0.2) is 0 Å². The predicted octanol–water partition coefficient (Wildman–Crippen LogP) is -2.42. The van der Waals surface area contributed by atoms with Crippen LogP contribution in [0.5, 0.6) is 0 Å². The van der Waals surface area contributed by atoms with Crippen molar-refractivity contribution in [2.75, 3.05) is 25.7 Å². The summed E-state index contributed by atoms with van der Waals surface area (Å²) < 4.78 is 15.4. The van der Waals surface area contributed by atoms with E-state index < -0.39 is 36.7 Å². The fourth-order valence-electron chi connectivity index (χ4n) is 1.78. The molecular formula is C10H17O7S-. The molecule has 1 aliphatic heterocycles. The smallest absolute Gasteiger partial charge is 0.186 e. The lowest BCUT2D eigenvalue weighted by Gasteiger charge is -2.41. The van der Waals surface area contributed by atoms with Gasteiger partial charge in [0.25, 0.3) is 0 Å². The van der Waals surface area contributed by atoms with Crippen molar-refractivity contribution in [3.63, 3.8) is 0 Å². The Morgan fingerprint density at radius 2 is 2.00 bits per heavy atom. The van der Waals surface area contributed by atoms with Crippen LogP contribution in [0.2, 0.25) is 0 Å². The first kappa shape index (κ1) is 15.7. The number of ether oxygens (including phenoxy) is 3. The number of aliphatic carboxylic acids is 1. The summed E-state index contributed by atoms with van der Waals surface area (Å²) in [7, 11) is 2.73. The first-order valence-corrected chi connectivity index (χ1v) is 6.51. The van der Waals surface area contributed by atoms with E-state index in [1.54, 1.807) is 0 Å². The monoisotopic (exact) mass is 281 g/mol. The summed E-state index contributed by atoms with van der Waals surface area (Å²) >= 11 is 1.09. The highest BCUT2D eigenvalue weighted by atomic mass is 32.2. The van der Waals surface area contributed by atoms with Crippen LogP contribution in [-0.2, 0) is 19.0 Å². The molecule has 0 aromatic heterocycles. The number of methoxy groups -OCH3 is 2. The zero-order valence-corrected chi connectivity index (χ0v) is 11.0. The molecule has 0 aliphatic carbocycles. The van der Waals surface area contributed by atoms with Gasteiger partial charge in [0.05, 0.1) is 12.1 Å². The van der Waals surface area contributed by atoms with Gasteiger partial charge in [-0.15, -0.1) is 0 Å². The molecule has 5 atom stereocenters. The summed E-state index contributed by atoms with van der Waals surface area (Å²) in [5.41, 5.74) is 0. The third-order valence-electron chi connectivity index (χ3n) is 2.65. The number of aliphatic hydroxyl groups is 2. The Kier molecular flexibility index (Phi) is 6.33. The van der Waals surface area contributed by atoms with Crippen molar-refractivity contribution < 1.29 is 34.3 Å². The molecule has 1 heterocycles. The summed E-state index contributed by atoms with van der Waals surface area (Å²) in [6.07, 6.45) is -4.62. The molecule has 18 heavy (non-hydrogen) atoms. The largest absolute Gasteiger partial charge is 0.549 e. The lowest BCUT2D eigenvalue weighted by atomic mass is 10.00. The number of carboxylic acid groups (broad SMARTS) is 1. The highest BCUT2D eigenvalue weighted by Gasteiger charge is 2.44. The summed E-state index contributed by atoms with van der Waals surface area (Å²) in [6, 6.07) is 0. The molecule has 1 saturated heterocycles. The molecule has 0 aromatic rings. The Morgan fingerprint density at radius 1 is 1.33 bits per heavy atom. The number of carboxylic acids is 1. The van der Waals surface area contributed by atoms with Crippen LogP contribution < -0.4 is 5.11 Å². The van der Waals surface area contributed by atoms with E-state index >= 15 is 0 Å². The van der Waals surface area contributed by atoms with Crippen molar-refractivity contribution in [1.29, 1.82) is 0 Å². The first-order valence-electron chi connectivity index (χ1n) is 5.36.